The Morgan fingerprint density at radius 3 is 0.942 bits per heavy atom. The number of carbonyl (C=O) groups is 3. The predicted molar refractivity (Wildman–Crippen MR) is 718 cm³/mol. The molecule has 3 amide bonds. The lowest BCUT2D eigenvalue weighted by Crippen LogP contribution is -2.35. The Hall–Kier alpha value is 6.33. The molecule has 6 aromatic heterocycles. The molecule has 750 valence electrons. The lowest BCUT2D eigenvalue weighted by molar-refractivity contribution is -0.131. The fraction of sp³-hybridized carbons (Fsp3) is 0.414. The van der Waals surface area contributed by atoms with Crippen LogP contribution in [0.2, 0.25) is 0 Å². The van der Waals surface area contributed by atoms with E-state index in [0.717, 1.165) is 146 Å². The van der Waals surface area contributed by atoms with Crippen molar-refractivity contribution in [1.82, 2.24) is 59.3 Å². The third kappa shape index (κ3) is 37.2. The summed E-state index contributed by atoms with van der Waals surface area (Å²) in [6.45, 7) is 16.1. The molecular formula is C87H144N12O3P36. The second-order valence-corrected chi connectivity index (χ2v) is 117. The quantitative estimate of drug-likeness (QED) is 0.0753. The number of fused-ring (bicyclic) bond motifs is 9. The maximum atomic E-state index is 11.6. The van der Waals surface area contributed by atoms with Gasteiger partial charge >= 0.3 is 0 Å². The van der Waals surface area contributed by atoms with Crippen LogP contribution < -0.4 is 48.1 Å². The van der Waals surface area contributed by atoms with Crippen molar-refractivity contribution in [3.8, 4) is 0 Å². The number of pyridine rings is 6. The van der Waals surface area contributed by atoms with Crippen LogP contribution in [0.1, 0.15) is 140 Å². The number of hydrogen-bond acceptors (Lipinski definition) is 12. The highest BCUT2D eigenvalue weighted by molar-refractivity contribution is 8.67. The molecule has 3 aliphatic carbocycles. The number of rotatable bonds is 18. The smallest absolute Gasteiger partial charge is 0.227 e. The van der Waals surface area contributed by atoms with Crippen molar-refractivity contribution in [1.29, 1.82) is 0 Å². The number of benzene rings is 3. The van der Waals surface area contributed by atoms with Crippen LogP contribution >= 0.6 is 298 Å². The summed E-state index contributed by atoms with van der Waals surface area (Å²) in [7, 11) is 71.6. The van der Waals surface area contributed by atoms with Gasteiger partial charge < -0.3 is 29.4 Å². The number of likely N-dealkylation sites (N-methyl/N-ethyl adjacent to an activating group) is 6. The fourth-order valence-corrected chi connectivity index (χ4v) is 51.2. The highest BCUT2D eigenvalue weighted by Crippen LogP contribution is 2.71. The number of amides is 3. The van der Waals surface area contributed by atoms with Crippen molar-refractivity contribution in [2.75, 3.05) is 61.9 Å². The first-order valence-electron chi connectivity index (χ1n) is 45.2. The summed E-state index contributed by atoms with van der Waals surface area (Å²) in [4.78, 5) is 74.1. The van der Waals surface area contributed by atoms with Crippen LogP contribution in [0.4, 0.5) is 0 Å². The number of aryl methyl sites for hydroxylation is 3. The Bertz CT molecular complexity index is 4760. The van der Waals surface area contributed by atoms with Crippen LogP contribution in [0.25, 0.3) is 0 Å². The van der Waals surface area contributed by atoms with Gasteiger partial charge in [0.15, 0.2) is 0 Å². The van der Waals surface area contributed by atoms with E-state index in [1.165, 1.54) is 171 Å². The largest absolute Gasteiger partial charge is 0.341 e. The molecule has 15 nitrogen and oxygen atoms in total. The molecule has 9 aromatic rings. The van der Waals surface area contributed by atoms with Gasteiger partial charge in [0, 0.05) is 157 Å². The first-order valence-corrected chi connectivity index (χ1v) is 105. The van der Waals surface area contributed by atoms with Gasteiger partial charge in [-0.25, -0.2) is 0 Å². The van der Waals surface area contributed by atoms with Gasteiger partial charge in [-0.1, -0.05) is 147 Å². The molecule has 0 bridgehead atoms. The van der Waals surface area contributed by atoms with Crippen LogP contribution in [-0.2, 0) is 131 Å². The minimum absolute atomic E-state index is 0.000242. The van der Waals surface area contributed by atoms with E-state index >= 15 is 0 Å². The summed E-state index contributed by atoms with van der Waals surface area (Å²) in [6.07, 6.45) is 34.6. The van der Waals surface area contributed by atoms with Crippen LogP contribution in [0.5, 0.6) is 0 Å². The van der Waals surface area contributed by atoms with Gasteiger partial charge in [0.1, 0.15) is 0 Å². The number of carbonyl (C=O) groups excluding carboxylic acids is 3. The zero-order valence-corrected chi connectivity index (χ0v) is 118. The van der Waals surface area contributed by atoms with Crippen molar-refractivity contribution in [3.63, 3.8) is 0 Å². The third-order valence-electron chi connectivity index (χ3n) is 25.4. The van der Waals surface area contributed by atoms with Gasteiger partial charge in [0.05, 0.1) is 35.6 Å². The van der Waals surface area contributed by atoms with Gasteiger partial charge in [0.2, 0.25) is 17.7 Å². The zero-order chi connectivity index (χ0) is 100. The van der Waals surface area contributed by atoms with E-state index in [1.54, 1.807) is 59.4 Å². The first kappa shape index (κ1) is 126. The normalized spacial score (nSPS) is 20.1. The monoisotopic (exact) mass is 2520 g/mol. The molecule has 0 radical (unpaired) electrons. The van der Waals surface area contributed by atoms with Gasteiger partial charge in [-0.2, -0.15) is 0 Å². The molecule has 9 aliphatic rings. The van der Waals surface area contributed by atoms with E-state index in [0.29, 0.717) is 25.8 Å². The van der Waals surface area contributed by atoms with E-state index in [4.69, 9.17) is 0 Å². The maximum absolute atomic E-state index is 11.6. The van der Waals surface area contributed by atoms with Crippen LogP contribution in [-0.4, -0.2) is 139 Å². The average Bonchev–Trinajstić information content (AvgIpc) is 0.813. The van der Waals surface area contributed by atoms with E-state index in [9.17, 15) is 14.4 Å². The number of nitrogens with zero attached hydrogens (tertiary/aromatic N) is 12. The SMILES string of the molecule is CC1CCc2cccc(P(P)PP)c2C1.CC1CCc2ccnc(P(P)PP)c2C1.CC1CCc2cncc(P(P)PP)c2C1.CN1CCc2cccc(P(P)PP)c2C1.CN1CCc2ccnc(P(P)PP)c2C1.CN1CCc2cncc(P(P)PP)c2C1.CN1Cc2c(cccc2P(P)PP)CC1=O.CN1Cc2c(ccnc2P(P)PP)CC1=O.CN1Cc2c(cncc2P(P)PP)CC1=O. The average molecular weight is 2520 g/mol. The standard InChI is InChI=1S/C11H18P4.C10H15NOP4.3C10H17NP4.2C9H14N2OP4.2C9H16N2P4/c1-8-5-6-9-3-2-4-11(10(9)7-8)15(13)14-12;1-11-6-8-7(5-10(11)12)3-2-4-9(8)16(14)15-13;1-7-2-3-8-5-11-6-10(9(8)4-7)15(13)14-12;1-7-2-3-8-4-5-11-10(9(8)6-7)15(13)14-12;1-11-6-5-8-3-2-4-10(9(8)7-11)15(13)14-12;1-11-5-7-6(2-9(11)12)3-10-4-8(7)16(14)15-13;1-11-5-7-6(4-8(11)12)2-3-10-9(7)16(14)15-13;1-11-5-3-7-2-4-10-9(8(7)6-11)15(13)14-12;1-11-3-2-7-4-10-5-9(8(7)6-11)15(13)14-12/h2-4,8,14H,5-7,12-13H2,1H3;2-4,15H,5-6,13-14H2,1H3;5-7,14H,2-4,12-13H2,1H3;4-5,7,14H,2-3,6,12-13H2,1H3;2-4,14H,5-7,12-13H2,1H3;3-4,15H,2,5,13-14H2,1H3;2-3,15H,4-5,13-14H2,1H3;2,4,14H,3,5-6,12-13H2,1H3;4-5,14H,2-3,6,12-13H2,1H3. The Kier molecular flexibility index (Phi) is 60.0. The van der Waals surface area contributed by atoms with Crippen molar-refractivity contribution >= 4 is 364 Å². The Balaban J connectivity index is 0.000000160. The molecule has 0 N–H and O–H groups in total. The molecule has 0 spiro atoms. The Labute approximate surface area is 893 Å². The topological polar surface area (TPSA) is 148 Å². The molecule has 12 heterocycles. The van der Waals surface area contributed by atoms with E-state index in [-0.39, 0.29) is 83.4 Å². The van der Waals surface area contributed by atoms with Gasteiger partial charge in [-0.3, -0.25) is 44.3 Å². The molecule has 18 rings (SSSR count). The Morgan fingerprint density at radius 2 is 0.529 bits per heavy atom. The summed E-state index contributed by atoms with van der Waals surface area (Å²) < 4.78 is 0. The zero-order valence-electron chi connectivity index (χ0n) is 80.3. The van der Waals surface area contributed by atoms with E-state index < -0.39 is 0 Å². The summed E-state index contributed by atoms with van der Waals surface area (Å²) in [5.41, 5.74) is 30.0. The highest BCUT2D eigenvalue weighted by atomic mass is 32.6. The number of hydrogen-bond donors (Lipinski definition) is 0. The van der Waals surface area contributed by atoms with E-state index in [1.807, 2.05) is 69.3 Å². The van der Waals surface area contributed by atoms with Crippen LogP contribution in [0.3, 0.4) is 0 Å². The molecule has 6 aliphatic heterocycles. The Morgan fingerprint density at radius 1 is 0.275 bits per heavy atom. The van der Waals surface area contributed by atoms with Crippen molar-refractivity contribution in [3.05, 3.63) is 229 Å². The highest BCUT2D eigenvalue weighted by Gasteiger charge is 2.31. The molecule has 39 atom stereocenters. The van der Waals surface area contributed by atoms with Gasteiger partial charge in [0.25, 0.3) is 0 Å². The summed E-state index contributed by atoms with van der Waals surface area (Å²) in [6, 6.07) is 26.5. The molecule has 0 fully saturated rings. The lowest BCUT2D eigenvalue weighted by atomic mass is 9.85. The third-order valence-corrected chi connectivity index (χ3v) is 116. The molecule has 0 saturated heterocycles. The van der Waals surface area contributed by atoms with Crippen LogP contribution in [0.15, 0.2) is 129 Å². The van der Waals surface area contributed by atoms with Gasteiger partial charge in [-0.15, -0.1) is 161 Å². The predicted octanol–water partition coefficient (Wildman–Crippen LogP) is 25.0. The molecule has 51 heteroatoms. The molecule has 39 unspecified atom stereocenters. The van der Waals surface area contributed by atoms with Crippen molar-refractivity contribution in [2.24, 2.45) is 17.8 Å². The molecule has 138 heavy (non-hydrogen) atoms. The second-order valence-electron chi connectivity index (χ2n) is 35.2. The maximum Gasteiger partial charge on any atom is 0.227 e. The minimum atomic E-state index is -0.263. The minimum Gasteiger partial charge on any atom is -0.341 e. The number of aromatic nitrogens is 6. The van der Waals surface area contributed by atoms with Crippen LogP contribution in [0, 0.1) is 17.8 Å². The van der Waals surface area contributed by atoms with E-state index in [2.05, 4.69) is 333 Å². The molecule has 3 aromatic carbocycles. The second kappa shape index (κ2) is 65.6. The molecule has 0 saturated carbocycles. The first-order chi connectivity index (χ1) is 66.2. The summed E-state index contributed by atoms with van der Waals surface area (Å²) in [5.74, 6) is 3.17. The molecular weight excluding hydrogens is 2380 g/mol. The summed E-state index contributed by atoms with van der Waals surface area (Å²) >= 11 is 0. The summed E-state index contributed by atoms with van der Waals surface area (Å²) in [5, 5.41) is 8.98. The lowest BCUT2D eigenvalue weighted by Gasteiger charge is -2.28. The van der Waals surface area contributed by atoms with Crippen molar-refractivity contribution < 1.29 is 14.4 Å². The van der Waals surface area contributed by atoms with Gasteiger partial charge in [-0.05, 0) is 310 Å². The van der Waals surface area contributed by atoms with Crippen molar-refractivity contribution in [2.45, 2.75) is 156 Å². The fourth-order valence-electron chi connectivity index (χ4n) is 17.5.